The molecule has 0 aromatic heterocycles. The second kappa shape index (κ2) is 4.82. The molecule has 1 aliphatic carbocycles. The van der Waals surface area contributed by atoms with Crippen molar-refractivity contribution in [2.45, 2.75) is 38.6 Å². The predicted octanol–water partition coefficient (Wildman–Crippen LogP) is 0.437. The minimum absolute atomic E-state index is 0.213. The summed E-state index contributed by atoms with van der Waals surface area (Å²) >= 11 is 0. The van der Waals surface area contributed by atoms with Gasteiger partial charge >= 0.3 is 5.97 Å². The van der Waals surface area contributed by atoms with Crippen LogP contribution in [0.3, 0.4) is 0 Å². The van der Waals surface area contributed by atoms with Gasteiger partial charge in [0.2, 0.25) is 5.91 Å². The molecule has 1 rings (SSSR count). The van der Waals surface area contributed by atoms with E-state index in [4.69, 9.17) is 10.8 Å². The number of carbonyl (C=O) groups is 2. The Morgan fingerprint density at radius 1 is 1.44 bits per heavy atom. The van der Waals surface area contributed by atoms with Crippen LogP contribution in [0, 0.1) is 5.92 Å². The number of nitrogens with zero attached hydrogens (tertiary/aromatic N) is 1. The van der Waals surface area contributed by atoms with Crippen molar-refractivity contribution in [2.75, 3.05) is 13.1 Å². The summed E-state index contributed by atoms with van der Waals surface area (Å²) in [6.07, 6.45) is 2.28. The summed E-state index contributed by atoms with van der Waals surface area (Å²) in [6.45, 7) is 4.10. The number of hydrogen-bond acceptors (Lipinski definition) is 3. The fourth-order valence-electron chi connectivity index (χ4n) is 1.91. The van der Waals surface area contributed by atoms with E-state index in [1.54, 1.807) is 0 Å². The Morgan fingerprint density at radius 2 is 2.00 bits per heavy atom. The Labute approximate surface area is 95.6 Å². The molecule has 1 fully saturated rings. The van der Waals surface area contributed by atoms with E-state index in [1.807, 2.05) is 13.8 Å². The highest BCUT2D eigenvalue weighted by Crippen LogP contribution is 2.31. The normalized spacial score (nSPS) is 18.0. The quantitative estimate of drug-likeness (QED) is 0.715. The Balaban J connectivity index is 2.67. The minimum atomic E-state index is -0.989. The number of carboxylic acids is 1. The minimum Gasteiger partial charge on any atom is -0.480 e. The lowest BCUT2D eigenvalue weighted by Crippen LogP contribution is -2.60. The molecule has 0 bridgehead atoms. The van der Waals surface area contributed by atoms with Gasteiger partial charge in [-0.15, -0.1) is 0 Å². The van der Waals surface area contributed by atoms with Crippen molar-refractivity contribution in [1.82, 2.24) is 4.90 Å². The van der Waals surface area contributed by atoms with Crippen LogP contribution in [0.25, 0.3) is 0 Å². The largest absolute Gasteiger partial charge is 0.480 e. The molecule has 0 aromatic rings. The fraction of sp³-hybridized carbons (Fsp3) is 0.818. The summed E-state index contributed by atoms with van der Waals surface area (Å²) in [7, 11) is 0. The van der Waals surface area contributed by atoms with Gasteiger partial charge in [-0.2, -0.15) is 0 Å². The molecule has 1 aliphatic rings. The van der Waals surface area contributed by atoms with Crippen molar-refractivity contribution >= 4 is 11.9 Å². The third-order valence-electron chi connectivity index (χ3n) is 2.87. The van der Waals surface area contributed by atoms with Crippen LogP contribution in [-0.2, 0) is 9.59 Å². The lowest BCUT2D eigenvalue weighted by atomic mass is 9.76. The number of carbonyl (C=O) groups excluding carboxylic acids is 1. The van der Waals surface area contributed by atoms with E-state index in [2.05, 4.69) is 0 Å². The molecular weight excluding hydrogens is 208 g/mol. The maximum Gasteiger partial charge on any atom is 0.323 e. The molecule has 5 heteroatoms. The summed E-state index contributed by atoms with van der Waals surface area (Å²) in [6, 6.07) is 0. The number of rotatable bonds is 5. The average Bonchev–Trinajstić information content (AvgIpc) is 2.10. The molecule has 0 unspecified atom stereocenters. The monoisotopic (exact) mass is 228 g/mol. The van der Waals surface area contributed by atoms with Crippen molar-refractivity contribution in [3.8, 4) is 0 Å². The van der Waals surface area contributed by atoms with Crippen LogP contribution in [0.5, 0.6) is 0 Å². The zero-order valence-electron chi connectivity index (χ0n) is 9.90. The Hall–Kier alpha value is -1.10. The standard InChI is InChI=1S/C11H20N2O3/c1-8(2)6-13(7-9(14)15)10(16)11(12)4-3-5-11/h8H,3-7,12H2,1-2H3,(H,14,15). The highest BCUT2D eigenvalue weighted by atomic mass is 16.4. The third-order valence-corrected chi connectivity index (χ3v) is 2.87. The number of nitrogens with two attached hydrogens (primary N) is 1. The molecule has 92 valence electrons. The first kappa shape index (κ1) is 13.0. The smallest absolute Gasteiger partial charge is 0.323 e. The Morgan fingerprint density at radius 3 is 2.31 bits per heavy atom. The van der Waals surface area contributed by atoms with E-state index in [9.17, 15) is 9.59 Å². The number of hydrogen-bond donors (Lipinski definition) is 2. The molecule has 1 saturated carbocycles. The van der Waals surface area contributed by atoms with Gasteiger partial charge in [0, 0.05) is 6.54 Å². The van der Waals surface area contributed by atoms with Gasteiger partial charge in [0.05, 0.1) is 5.54 Å². The molecule has 5 nitrogen and oxygen atoms in total. The van der Waals surface area contributed by atoms with E-state index < -0.39 is 11.5 Å². The van der Waals surface area contributed by atoms with Gasteiger partial charge in [-0.05, 0) is 25.2 Å². The van der Waals surface area contributed by atoms with Crippen molar-refractivity contribution in [3.05, 3.63) is 0 Å². The van der Waals surface area contributed by atoms with Gasteiger partial charge in [0.1, 0.15) is 6.54 Å². The highest BCUT2D eigenvalue weighted by Gasteiger charge is 2.43. The molecule has 0 atom stereocenters. The maximum absolute atomic E-state index is 12.1. The van der Waals surface area contributed by atoms with Crippen LogP contribution in [0.15, 0.2) is 0 Å². The third kappa shape index (κ3) is 2.95. The van der Waals surface area contributed by atoms with Crippen LogP contribution in [0.4, 0.5) is 0 Å². The molecular formula is C11H20N2O3. The Kier molecular flexibility index (Phi) is 3.91. The lowest BCUT2D eigenvalue weighted by molar-refractivity contribution is -0.149. The van der Waals surface area contributed by atoms with Crippen LogP contribution in [0.2, 0.25) is 0 Å². The number of aliphatic carboxylic acids is 1. The van der Waals surface area contributed by atoms with Crippen molar-refractivity contribution in [2.24, 2.45) is 11.7 Å². The van der Waals surface area contributed by atoms with E-state index in [0.717, 1.165) is 6.42 Å². The second-order valence-electron chi connectivity index (χ2n) is 4.98. The molecule has 3 N–H and O–H groups in total. The molecule has 0 radical (unpaired) electrons. The van der Waals surface area contributed by atoms with E-state index in [0.29, 0.717) is 19.4 Å². The molecule has 0 saturated heterocycles. The summed E-state index contributed by atoms with van der Waals surface area (Å²) in [5, 5.41) is 8.77. The first-order chi connectivity index (χ1) is 7.35. The zero-order valence-corrected chi connectivity index (χ0v) is 9.90. The SMILES string of the molecule is CC(C)CN(CC(=O)O)C(=O)C1(N)CCC1. The fourth-order valence-corrected chi connectivity index (χ4v) is 1.91. The summed E-state index contributed by atoms with van der Waals surface area (Å²) in [5.41, 5.74) is 5.11. The van der Waals surface area contributed by atoms with Gasteiger partial charge in [0.15, 0.2) is 0 Å². The molecule has 0 heterocycles. The van der Waals surface area contributed by atoms with Crippen LogP contribution < -0.4 is 5.73 Å². The van der Waals surface area contributed by atoms with Crippen molar-refractivity contribution in [1.29, 1.82) is 0 Å². The maximum atomic E-state index is 12.1. The Bertz CT molecular complexity index is 285. The molecule has 16 heavy (non-hydrogen) atoms. The van der Waals surface area contributed by atoms with E-state index >= 15 is 0 Å². The van der Waals surface area contributed by atoms with E-state index in [1.165, 1.54) is 4.90 Å². The zero-order chi connectivity index (χ0) is 12.3. The van der Waals surface area contributed by atoms with Crippen molar-refractivity contribution in [3.63, 3.8) is 0 Å². The van der Waals surface area contributed by atoms with Crippen molar-refractivity contribution < 1.29 is 14.7 Å². The van der Waals surface area contributed by atoms with Gasteiger partial charge in [-0.25, -0.2) is 0 Å². The highest BCUT2D eigenvalue weighted by molar-refractivity contribution is 5.89. The van der Waals surface area contributed by atoms with Gasteiger partial charge in [-0.1, -0.05) is 13.8 Å². The molecule has 0 aliphatic heterocycles. The number of amides is 1. The average molecular weight is 228 g/mol. The number of carboxylic acid groups (broad SMARTS) is 1. The van der Waals surface area contributed by atoms with Crippen LogP contribution >= 0.6 is 0 Å². The lowest BCUT2D eigenvalue weighted by Gasteiger charge is -2.40. The predicted molar refractivity (Wildman–Crippen MR) is 59.8 cm³/mol. The van der Waals surface area contributed by atoms with E-state index in [-0.39, 0.29) is 18.4 Å². The second-order valence-corrected chi connectivity index (χ2v) is 4.98. The summed E-state index contributed by atoms with van der Waals surface area (Å²) < 4.78 is 0. The van der Waals surface area contributed by atoms with Gasteiger partial charge in [-0.3, -0.25) is 9.59 Å². The van der Waals surface area contributed by atoms with Gasteiger partial charge < -0.3 is 15.7 Å². The first-order valence-corrected chi connectivity index (χ1v) is 5.65. The van der Waals surface area contributed by atoms with Crippen LogP contribution in [0.1, 0.15) is 33.1 Å². The van der Waals surface area contributed by atoms with Crippen LogP contribution in [-0.4, -0.2) is 40.5 Å². The van der Waals surface area contributed by atoms with Gasteiger partial charge in [0.25, 0.3) is 0 Å². The first-order valence-electron chi connectivity index (χ1n) is 5.65. The summed E-state index contributed by atoms with van der Waals surface area (Å²) in [4.78, 5) is 24.1. The molecule has 0 spiro atoms. The topological polar surface area (TPSA) is 83.6 Å². The molecule has 0 aromatic carbocycles. The molecule has 1 amide bonds. The summed E-state index contributed by atoms with van der Waals surface area (Å²) in [5.74, 6) is -0.959.